The van der Waals surface area contributed by atoms with E-state index in [-0.39, 0.29) is 23.6 Å². The Morgan fingerprint density at radius 2 is 1.79 bits per heavy atom. The molecule has 1 saturated heterocycles. The number of carbonyl (C=O) groups is 2. The number of nitrogens with one attached hydrogen (secondary N) is 1. The van der Waals surface area contributed by atoms with Crippen LogP contribution in [0.4, 0.5) is 5.69 Å². The Labute approximate surface area is 163 Å². The molecule has 2 amide bonds. The van der Waals surface area contributed by atoms with Gasteiger partial charge in [0.25, 0.3) is 5.91 Å². The van der Waals surface area contributed by atoms with E-state index in [1.165, 1.54) is 0 Å². The van der Waals surface area contributed by atoms with Crippen molar-refractivity contribution in [2.24, 2.45) is 5.73 Å². The quantitative estimate of drug-likeness (QED) is 0.731. The highest BCUT2D eigenvalue weighted by atomic mass is 16.3. The fourth-order valence-electron chi connectivity index (χ4n) is 3.43. The van der Waals surface area contributed by atoms with E-state index in [0.717, 1.165) is 36.9 Å². The molecule has 0 saturated carbocycles. The van der Waals surface area contributed by atoms with Crippen LogP contribution in [0.1, 0.15) is 29.0 Å². The first-order valence-electron chi connectivity index (χ1n) is 9.51. The number of rotatable bonds is 4. The normalized spacial score (nSPS) is 15.0. The van der Waals surface area contributed by atoms with Crippen molar-refractivity contribution in [3.05, 3.63) is 65.9 Å². The highest BCUT2D eigenvalue weighted by molar-refractivity contribution is 6.04. The number of carbonyl (C=O) groups excluding carboxylic acids is 2. The first-order valence-corrected chi connectivity index (χ1v) is 9.51. The monoisotopic (exact) mass is 377 g/mol. The topological polar surface area (TPSA) is 88.6 Å². The van der Waals surface area contributed by atoms with Crippen molar-refractivity contribution in [3.8, 4) is 0 Å². The Balaban J connectivity index is 1.36. The highest BCUT2D eigenvalue weighted by Gasteiger charge is 2.20. The Kier molecular flexibility index (Phi) is 5.12. The summed E-state index contributed by atoms with van der Waals surface area (Å²) in [6, 6.07) is 16.8. The van der Waals surface area contributed by atoms with Gasteiger partial charge in [0.1, 0.15) is 5.58 Å². The first kappa shape index (κ1) is 18.3. The van der Waals surface area contributed by atoms with E-state index in [0.29, 0.717) is 17.7 Å². The van der Waals surface area contributed by atoms with Gasteiger partial charge in [0.2, 0.25) is 5.91 Å². The Morgan fingerprint density at radius 3 is 2.50 bits per heavy atom. The van der Waals surface area contributed by atoms with Crippen molar-refractivity contribution in [2.75, 3.05) is 18.4 Å². The van der Waals surface area contributed by atoms with Crippen LogP contribution in [0.15, 0.2) is 59.0 Å². The summed E-state index contributed by atoms with van der Waals surface area (Å²) >= 11 is 0. The lowest BCUT2D eigenvalue weighted by Crippen LogP contribution is -2.43. The van der Waals surface area contributed by atoms with Crippen LogP contribution in [0.2, 0.25) is 0 Å². The first-order chi connectivity index (χ1) is 13.6. The van der Waals surface area contributed by atoms with Crippen molar-refractivity contribution in [1.82, 2.24) is 4.90 Å². The van der Waals surface area contributed by atoms with Gasteiger partial charge in [0.05, 0.1) is 6.42 Å². The predicted molar refractivity (Wildman–Crippen MR) is 108 cm³/mol. The summed E-state index contributed by atoms with van der Waals surface area (Å²) in [6.45, 7) is 1.46. The molecule has 1 aromatic heterocycles. The molecule has 2 heterocycles. The average molecular weight is 377 g/mol. The number of furan rings is 1. The fraction of sp³-hybridized carbons (Fsp3) is 0.273. The van der Waals surface area contributed by atoms with Gasteiger partial charge in [-0.2, -0.15) is 0 Å². The molecule has 0 spiro atoms. The van der Waals surface area contributed by atoms with E-state index in [1.807, 2.05) is 41.3 Å². The van der Waals surface area contributed by atoms with Crippen LogP contribution >= 0.6 is 0 Å². The number of anilines is 1. The van der Waals surface area contributed by atoms with E-state index in [2.05, 4.69) is 5.32 Å². The maximum atomic E-state index is 12.4. The number of nitrogens with two attached hydrogens (primary N) is 1. The highest BCUT2D eigenvalue weighted by Crippen LogP contribution is 2.20. The van der Waals surface area contributed by atoms with Crippen molar-refractivity contribution in [3.63, 3.8) is 0 Å². The van der Waals surface area contributed by atoms with E-state index in [9.17, 15) is 9.59 Å². The van der Waals surface area contributed by atoms with E-state index >= 15 is 0 Å². The molecule has 0 aliphatic carbocycles. The summed E-state index contributed by atoms with van der Waals surface area (Å²) in [6.07, 6.45) is 2.07. The van der Waals surface area contributed by atoms with Gasteiger partial charge in [0.15, 0.2) is 5.76 Å². The fourth-order valence-corrected chi connectivity index (χ4v) is 3.43. The Morgan fingerprint density at radius 1 is 1.07 bits per heavy atom. The van der Waals surface area contributed by atoms with Gasteiger partial charge >= 0.3 is 0 Å². The van der Waals surface area contributed by atoms with Gasteiger partial charge in [-0.1, -0.05) is 30.3 Å². The number of likely N-dealkylation sites (tertiary alicyclic amines) is 1. The number of para-hydroxylation sites is 1. The number of benzene rings is 2. The van der Waals surface area contributed by atoms with Gasteiger partial charge in [-0.05, 0) is 42.7 Å². The van der Waals surface area contributed by atoms with Gasteiger partial charge in [-0.3, -0.25) is 9.59 Å². The Bertz CT molecular complexity index is 953. The van der Waals surface area contributed by atoms with E-state index in [4.69, 9.17) is 10.2 Å². The smallest absolute Gasteiger partial charge is 0.291 e. The van der Waals surface area contributed by atoms with Crippen LogP contribution in [-0.4, -0.2) is 35.8 Å². The molecule has 2 aromatic carbocycles. The summed E-state index contributed by atoms with van der Waals surface area (Å²) in [5, 5.41) is 3.72. The minimum atomic E-state index is -0.301. The molecule has 0 atom stereocenters. The number of amides is 2. The minimum absolute atomic E-state index is 0.117. The minimum Gasteiger partial charge on any atom is -0.451 e. The van der Waals surface area contributed by atoms with Gasteiger partial charge in [-0.25, -0.2) is 0 Å². The molecule has 6 nitrogen and oxygen atoms in total. The third-order valence-electron chi connectivity index (χ3n) is 5.11. The molecule has 1 aliphatic heterocycles. The maximum Gasteiger partial charge on any atom is 0.291 e. The summed E-state index contributed by atoms with van der Waals surface area (Å²) < 4.78 is 5.58. The van der Waals surface area contributed by atoms with Crippen molar-refractivity contribution >= 4 is 28.5 Å². The molecule has 6 heteroatoms. The molecule has 1 aliphatic rings. The predicted octanol–water partition coefficient (Wildman–Crippen LogP) is 3.18. The number of nitrogens with zero attached hydrogens (tertiary/aromatic N) is 1. The molecule has 0 bridgehead atoms. The molecular weight excluding hydrogens is 354 g/mol. The van der Waals surface area contributed by atoms with Crippen molar-refractivity contribution in [1.29, 1.82) is 0 Å². The molecule has 4 rings (SSSR count). The van der Waals surface area contributed by atoms with Gasteiger partial charge in [0, 0.05) is 30.2 Å². The lowest BCUT2D eigenvalue weighted by Gasteiger charge is -2.30. The van der Waals surface area contributed by atoms with Crippen LogP contribution in [0.5, 0.6) is 0 Å². The summed E-state index contributed by atoms with van der Waals surface area (Å²) in [5.74, 6) is 0.0828. The molecule has 0 radical (unpaired) electrons. The molecular formula is C22H23N3O3. The zero-order valence-corrected chi connectivity index (χ0v) is 15.6. The summed E-state index contributed by atoms with van der Waals surface area (Å²) in [7, 11) is 0. The molecule has 3 aromatic rings. The summed E-state index contributed by atoms with van der Waals surface area (Å²) in [4.78, 5) is 26.7. The maximum absolute atomic E-state index is 12.4. The van der Waals surface area contributed by atoms with Crippen molar-refractivity contribution in [2.45, 2.75) is 25.3 Å². The zero-order valence-electron chi connectivity index (χ0n) is 15.6. The largest absolute Gasteiger partial charge is 0.451 e. The third kappa shape index (κ3) is 4.07. The van der Waals surface area contributed by atoms with E-state index in [1.54, 1.807) is 18.2 Å². The number of hydrogen-bond acceptors (Lipinski definition) is 4. The van der Waals surface area contributed by atoms with Gasteiger partial charge < -0.3 is 20.4 Å². The molecule has 1 fully saturated rings. The number of piperidine rings is 1. The molecule has 0 unspecified atom stereocenters. The van der Waals surface area contributed by atoms with Crippen LogP contribution in [0.3, 0.4) is 0 Å². The number of hydrogen-bond donors (Lipinski definition) is 2. The SMILES string of the molecule is NC1CCN(C(=O)Cc2ccc(NC(=O)c3cc4ccccc4o3)cc2)CC1. The van der Waals surface area contributed by atoms with Crippen LogP contribution < -0.4 is 11.1 Å². The Hall–Kier alpha value is -3.12. The second-order valence-corrected chi connectivity index (χ2v) is 7.19. The lowest BCUT2D eigenvalue weighted by atomic mass is 10.0. The number of fused-ring (bicyclic) bond motifs is 1. The van der Waals surface area contributed by atoms with Crippen LogP contribution in [0.25, 0.3) is 11.0 Å². The molecule has 144 valence electrons. The third-order valence-corrected chi connectivity index (χ3v) is 5.11. The van der Waals surface area contributed by atoms with Crippen LogP contribution in [0, 0.1) is 0 Å². The van der Waals surface area contributed by atoms with Crippen LogP contribution in [-0.2, 0) is 11.2 Å². The zero-order chi connectivity index (χ0) is 19.5. The second kappa shape index (κ2) is 7.86. The van der Waals surface area contributed by atoms with Crippen molar-refractivity contribution < 1.29 is 14.0 Å². The van der Waals surface area contributed by atoms with E-state index < -0.39 is 0 Å². The molecule has 28 heavy (non-hydrogen) atoms. The molecule has 3 N–H and O–H groups in total. The lowest BCUT2D eigenvalue weighted by molar-refractivity contribution is -0.131. The average Bonchev–Trinajstić information content (AvgIpc) is 3.14. The van der Waals surface area contributed by atoms with Gasteiger partial charge in [-0.15, -0.1) is 0 Å². The summed E-state index contributed by atoms with van der Waals surface area (Å²) in [5.41, 5.74) is 8.15. The second-order valence-electron chi connectivity index (χ2n) is 7.19. The standard InChI is InChI=1S/C22H23N3O3/c23-17-9-11-25(12-10-17)21(26)13-15-5-7-18(8-6-15)24-22(27)20-14-16-3-1-2-4-19(16)28-20/h1-8,14,17H,9-13,23H2,(H,24,27).